The van der Waals surface area contributed by atoms with E-state index in [2.05, 4.69) is 10.2 Å². The van der Waals surface area contributed by atoms with Crippen LogP contribution >= 0.6 is 0 Å². The number of carbonyl (C=O) groups is 1. The zero-order valence-electron chi connectivity index (χ0n) is 11.1. The van der Waals surface area contributed by atoms with Crippen molar-refractivity contribution in [3.63, 3.8) is 0 Å². The van der Waals surface area contributed by atoms with Gasteiger partial charge in [0.2, 0.25) is 0 Å². The third kappa shape index (κ3) is 3.92. The maximum Gasteiger partial charge on any atom is 0.337 e. The van der Waals surface area contributed by atoms with Crippen LogP contribution in [0.1, 0.15) is 23.7 Å². The Morgan fingerprint density at radius 2 is 2.17 bits per heavy atom. The zero-order valence-corrected chi connectivity index (χ0v) is 11.1. The minimum atomic E-state index is -0.968. The molecule has 0 aliphatic heterocycles. The Morgan fingerprint density at radius 3 is 2.72 bits per heavy atom. The van der Waals surface area contributed by atoms with E-state index in [0.717, 1.165) is 13.0 Å². The monoisotopic (exact) mass is 251 g/mol. The molecule has 1 rings (SSSR count). The van der Waals surface area contributed by atoms with Crippen molar-refractivity contribution in [3.8, 4) is 0 Å². The van der Waals surface area contributed by atoms with Crippen LogP contribution in [0.15, 0.2) is 18.2 Å². The molecule has 0 amide bonds. The van der Waals surface area contributed by atoms with Gasteiger partial charge in [0.1, 0.15) is 0 Å². The van der Waals surface area contributed by atoms with Crippen LogP contribution in [-0.2, 0) is 0 Å². The first-order valence-electron chi connectivity index (χ1n) is 5.95. The van der Waals surface area contributed by atoms with E-state index in [9.17, 15) is 4.79 Å². The van der Waals surface area contributed by atoms with Gasteiger partial charge in [-0.05, 0) is 46.1 Å². The summed E-state index contributed by atoms with van der Waals surface area (Å²) in [5.74, 6) is -0.968. The number of hydrogen-bond acceptors (Lipinski definition) is 4. The van der Waals surface area contributed by atoms with E-state index in [-0.39, 0.29) is 11.6 Å². The Morgan fingerprint density at radius 1 is 1.50 bits per heavy atom. The number of rotatable bonds is 6. The summed E-state index contributed by atoms with van der Waals surface area (Å²) in [4.78, 5) is 13.2. The molecule has 0 aliphatic carbocycles. The number of carboxylic acids is 1. The molecule has 0 radical (unpaired) electrons. The number of nitrogen functional groups attached to an aromatic ring is 1. The molecule has 0 spiro atoms. The maximum absolute atomic E-state index is 11.1. The van der Waals surface area contributed by atoms with Gasteiger partial charge < -0.3 is 21.1 Å². The zero-order chi connectivity index (χ0) is 13.7. The Balaban J connectivity index is 2.80. The molecule has 100 valence electrons. The van der Waals surface area contributed by atoms with Crippen molar-refractivity contribution in [1.29, 1.82) is 0 Å². The van der Waals surface area contributed by atoms with Crippen LogP contribution in [0.5, 0.6) is 0 Å². The Kier molecular flexibility index (Phi) is 4.97. The lowest BCUT2D eigenvalue weighted by atomic mass is 10.1. The largest absolute Gasteiger partial charge is 0.478 e. The highest BCUT2D eigenvalue weighted by Gasteiger charge is 2.14. The van der Waals surface area contributed by atoms with Crippen LogP contribution in [0.2, 0.25) is 0 Å². The predicted octanol–water partition coefficient (Wildman–Crippen LogP) is 1.72. The molecular formula is C13H21N3O2. The van der Waals surface area contributed by atoms with E-state index in [1.165, 1.54) is 0 Å². The second kappa shape index (κ2) is 6.26. The molecule has 0 fully saturated rings. The van der Waals surface area contributed by atoms with Crippen molar-refractivity contribution >= 4 is 17.3 Å². The van der Waals surface area contributed by atoms with Crippen molar-refractivity contribution in [2.75, 3.05) is 31.7 Å². The molecule has 4 N–H and O–H groups in total. The lowest BCUT2D eigenvalue weighted by Crippen LogP contribution is -2.24. The van der Waals surface area contributed by atoms with Gasteiger partial charge in [-0.1, -0.05) is 6.07 Å². The van der Waals surface area contributed by atoms with Crippen LogP contribution in [0, 0.1) is 0 Å². The molecule has 5 nitrogen and oxygen atoms in total. The van der Waals surface area contributed by atoms with E-state index < -0.39 is 5.97 Å². The van der Waals surface area contributed by atoms with Crippen LogP contribution in [-0.4, -0.2) is 42.7 Å². The third-order valence-electron chi connectivity index (χ3n) is 2.73. The van der Waals surface area contributed by atoms with Gasteiger partial charge in [0, 0.05) is 6.04 Å². The molecule has 1 aromatic carbocycles. The second-order valence-electron chi connectivity index (χ2n) is 4.71. The number of hydrogen-bond donors (Lipinski definition) is 3. The van der Waals surface area contributed by atoms with Crippen LogP contribution in [0.4, 0.5) is 11.4 Å². The molecule has 0 aliphatic rings. The minimum Gasteiger partial charge on any atom is -0.478 e. The van der Waals surface area contributed by atoms with Gasteiger partial charge in [-0.3, -0.25) is 0 Å². The maximum atomic E-state index is 11.1. The fourth-order valence-corrected chi connectivity index (χ4v) is 1.68. The molecule has 1 unspecified atom stereocenters. The topological polar surface area (TPSA) is 78.6 Å². The van der Waals surface area contributed by atoms with Gasteiger partial charge in [0.25, 0.3) is 0 Å². The lowest BCUT2D eigenvalue weighted by Gasteiger charge is -2.20. The summed E-state index contributed by atoms with van der Waals surface area (Å²) >= 11 is 0. The molecule has 1 aromatic rings. The van der Waals surface area contributed by atoms with E-state index >= 15 is 0 Å². The van der Waals surface area contributed by atoms with Gasteiger partial charge in [0.05, 0.1) is 16.9 Å². The molecule has 5 heteroatoms. The SMILES string of the molecule is CC(CCN(C)C)Nc1c(N)cccc1C(=O)O. The second-order valence-corrected chi connectivity index (χ2v) is 4.71. The number of para-hydroxylation sites is 1. The number of anilines is 2. The van der Waals surface area contributed by atoms with Crippen LogP contribution in [0.25, 0.3) is 0 Å². The van der Waals surface area contributed by atoms with Gasteiger partial charge >= 0.3 is 5.97 Å². The standard InChI is InChI=1S/C13H21N3O2/c1-9(7-8-16(2)3)15-12-10(13(17)18)5-4-6-11(12)14/h4-6,9,15H,7-8,14H2,1-3H3,(H,17,18). The average molecular weight is 251 g/mol. The summed E-state index contributed by atoms with van der Waals surface area (Å²) in [5.41, 5.74) is 7.02. The highest BCUT2D eigenvalue weighted by atomic mass is 16.4. The number of benzene rings is 1. The first-order chi connectivity index (χ1) is 8.41. The summed E-state index contributed by atoms with van der Waals surface area (Å²) in [6.45, 7) is 2.95. The molecule has 0 aromatic heterocycles. The van der Waals surface area contributed by atoms with Crippen molar-refractivity contribution in [3.05, 3.63) is 23.8 Å². The molecule has 0 bridgehead atoms. The average Bonchev–Trinajstić information content (AvgIpc) is 2.28. The highest BCUT2D eigenvalue weighted by Crippen LogP contribution is 2.24. The van der Waals surface area contributed by atoms with Gasteiger partial charge in [0.15, 0.2) is 0 Å². The summed E-state index contributed by atoms with van der Waals surface area (Å²) < 4.78 is 0. The van der Waals surface area contributed by atoms with Gasteiger partial charge in [-0.2, -0.15) is 0 Å². The third-order valence-corrected chi connectivity index (χ3v) is 2.73. The normalized spacial score (nSPS) is 12.4. The van der Waals surface area contributed by atoms with Gasteiger partial charge in [-0.25, -0.2) is 4.79 Å². The van der Waals surface area contributed by atoms with Gasteiger partial charge in [-0.15, -0.1) is 0 Å². The number of aromatic carboxylic acids is 1. The van der Waals surface area contributed by atoms with E-state index in [0.29, 0.717) is 11.4 Å². The fourth-order valence-electron chi connectivity index (χ4n) is 1.68. The first-order valence-corrected chi connectivity index (χ1v) is 5.95. The lowest BCUT2D eigenvalue weighted by molar-refractivity contribution is 0.0698. The smallest absolute Gasteiger partial charge is 0.337 e. The van der Waals surface area contributed by atoms with E-state index in [1.807, 2.05) is 21.0 Å². The van der Waals surface area contributed by atoms with Crippen molar-refractivity contribution < 1.29 is 9.90 Å². The molecule has 1 atom stereocenters. The Labute approximate surface area is 108 Å². The number of nitrogens with one attached hydrogen (secondary N) is 1. The van der Waals surface area contributed by atoms with E-state index in [1.54, 1.807) is 18.2 Å². The quantitative estimate of drug-likeness (QED) is 0.671. The summed E-state index contributed by atoms with van der Waals surface area (Å²) in [6, 6.07) is 5.07. The van der Waals surface area contributed by atoms with Crippen molar-refractivity contribution in [1.82, 2.24) is 4.90 Å². The molecular weight excluding hydrogens is 230 g/mol. The highest BCUT2D eigenvalue weighted by molar-refractivity contribution is 5.97. The summed E-state index contributed by atoms with van der Waals surface area (Å²) in [7, 11) is 4.01. The number of nitrogens with zero attached hydrogens (tertiary/aromatic N) is 1. The van der Waals surface area contributed by atoms with Crippen LogP contribution < -0.4 is 11.1 Å². The van der Waals surface area contributed by atoms with E-state index in [4.69, 9.17) is 10.8 Å². The molecule has 18 heavy (non-hydrogen) atoms. The Hall–Kier alpha value is -1.75. The number of carboxylic acid groups (broad SMARTS) is 1. The fraction of sp³-hybridized carbons (Fsp3) is 0.462. The summed E-state index contributed by atoms with van der Waals surface area (Å²) in [6.07, 6.45) is 0.917. The molecule has 0 heterocycles. The minimum absolute atomic E-state index is 0.162. The van der Waals surface area contributed by atoms with Crippen LogP contribution in [0.3, 0.4) is 0 Å². The Bertz CT molecular complexity index is 419. The predicted molar refractivity (Wildman–Crippen MR) is 74.1 cm³/mol. The first kappa shape index (κ1) is 14.3. The summed E-state index contributed by atoms with van der Waals surface area (Å²) in [5, 5.41) is 12.3. The molecule has 0 saturated carbocycles. The van der Waals surface area contributed by atoms with Crippen molar-refractivity contribution in [2.24, 2.45) is 0 Å². The number of nitrogens with two attached hydrogens (primary N) is 1. The van der Waals surface area contributed by atoms with Crippen molar-refractivity contribution in [2.45, 2.75) is 19.4 Å². The molecule has 0 saturated heterocycles.